The summed E-state index contributed by atoms with van der Waals surface area (Å²) in [4.78, 5) is 7.78. The quantitative estimate of drug-likeness (QED) is 0.556. The van der Waals surface area contributed by atoms with Gasteiger partial charge in [-0.1, -0.05) is 18.2 Å². The molecule has 0 bridgehead atoms. The monoisotopic (exact) mass is 283 g/mol. The molecule has 104 valence electrons. The summed E-state index contributed by atoms with van der Waals surface area (Å²) in [6.07, 6.45) is 1.85. The van der Waals surface area contributed by atoms with Crippen molar-refractivity contribution in [1.82, 2.24) is 9.97 Å². The number of aromatic amines is 1. The maximum atomic E-state index is 8.90. The minimum atomic E-state index is 0.679. The zero-order valence-electron chi connectivity index (χ0n) is 12.1. The first-order valence-corrected chi connectivity index (χ1v) is 7.14. The summed E-state index contributed by atoms with van der Waals surface area (Å²) >= 11 is 0. The van der Waals surface area contributed by atoms with Gasteiger partial charge in [-0.2, -0.15) is 5.26 Å². The van der Waals surface area contributed by atoms with Gasteiger partial charge in [0.05, 0.1) is 22.8 Å². The molecule has 0 radical (unpaired) electrons. The molecule has 0 saturated carbocycles. The molecule has 1 N–H and O–H groups in total. The van der Waals surface area contributed by atoms with E-state index in [0.717, 1.165) is 27.9 Å². The number of fused-ring (bicyclic) bond motifs is 3. The van der Waals surface area contributed by atoms with Gasteiger partial charge in [0.25, 0.3) is 0 Å². The maximum absolute atomic E-state index is 8.90. The molecule has 2 heterocycles. The van der Waals surface area contributed by atoms with Crippen LogP contribution in [0.3, 0.4) is 0 Å². The van der Waals surface area contributed by atoms with Gasteiger partial charge in [0.2, 0.25) is 0 Å². The maximum Gasteiger partial charge on any atom is 0.0991 e. The van der Waals surface area contributed by atoms with E-state index in [1.165, 1.54) is 10.8 Å². The third-order valence-electron chi connectivity index (χ3n) is 4.06. The van der Waals surface area contributed by atoms with E-state index in [4.69, 9.17) is 5.26 Å². The Morgan fingerprint density at radius 1 is 0.955 bits per heavy atom. The number of aromatic nitrogens is 2. The van der Waals surface area contributed by atoms with Gasteiger partial charge >= 0.3 is 0 Å². The number of nitrogens with zero attached hydrogens (tertiary/aromatic N) is 2. The van der Waals surface area contributed by atoms with Gasteiger partial charge in [0, 0.05) is 22.5 Å². The molecule has 0 unspecified atom stereocenters. The summed E-state index contributed by atoms with van der Waals surface area (Å²) in [6, 6.07) is 18.3. The van der Waals surface area contributed by atoms with Gasteiger partial charge in [-0.3, -0.25) is 4.98 Å². The van der Waals surface area contributed by atoms with Crippen molar-refractivity contribution in [1.29, 1.82) is 5.26 Å². The number of rotatable bonds is 1. The van der Waals surface area contributed by atoms with E-state index < -0.39 is 0 Å². The molecule has 4 rings (SSSR count). The van der Waals surface area contributed by atoms with Crippen LogP contribution in [-0.4, -0.2) is 9.97 Å². The topological polar surface area (TPSA) is 52.5 Å². The zero-order valence-corrected chi connectivity index (χ0v) is 12.1. The molecule has 2 aromatic heterocycles. The molecule has 4 aromatic rings. The van der Waals surface area contributed by atoms with Crippen LogP contribution >= 0.6 is 0 Å². The predicted molar refractivity (Wildman–Crippen MR) is 88.5 cm³/mol. The molecule has 3 heteroatoms. The average Bonchev–Trinajstić information content (AvgIpc) is 2.94. The van der Waals surface area contributed by atoms with Crippen LogP contribution < -0.4 is 0 Å². The largest absolute Gasteiger partial charge is 0.353 e. The van der Waals surface area contributed by atoms with Gasteiger partial charge in [-0.15, -0.1) is 0 Å². The Morgan fingerprint density at radius 2 is 1.73 bits per heavy atom. The number of hydrogen-bond donors (Lipinski definition) is 1. The normalized spacial score (nSPS) is 10.9. The first-order chi connectivity index (χ1) is 10.8. The van der Waals surface area contributed by atoms with Gasteiger partial charge in [0.1, 0.15) is 0 Å². The van der Waals surface area contributed by atoms with Gasteiger partial charge < -0.3 is 4.98 Å². The summed E-state index contributed by atoms with van der Waals surface area (Å²) in [5, 5.41) is 11.3. The fraction of sp³-hybridized carbons (Fsp3) is 0.0526. The van der Waals surface area contributed by atoms with E-state index in [0.29, 0.717) is 5.56 Å². The van der Waals surface area contributed by atoms with Crippen LogP contribution in [0.15, 0.2) is 54.7 Å². The van der Waals surface area contributed by atoms with E-state index >= 15 is 0 Å². The third kappa shape index (κ3) is 1.86. The molecule has 3 nitrogen and oxygen atoms in total. The van der Waals surface area contributed by atoms with E-state index in [-0.39, 0.29) is 0 Å². The Bertz CT molecular complexity index is 1030. The first-order valence-electron chi connectivity index (χ1n) is 7.14. The molecule has 0 atom stereocenters. The summed E-state index contributed by atoms with van der Waals surface area (Å²) in [5.41, 5.74) is 6.15. The molecule has 0 aliphatic rings. The molecule has 22 heavy (non-hydrogen) atoms. The fourth-order valence-corrected chi connectivity index (χ4v) is 2.88. The van der Waals surface area contributed by atoms with Crippen molar-refractivity contribution in [2.45, 2.75) is 6.92 Å². The number of aryl methyl sites for hydroxylation is 1. The average molecular weight is 283 g/mol. The second-order valence-corrected chi connectivity index (χ2v) is 5.39. The highest BCUT2D eigenvalue weighted by molar-refractivity contribution is 6.09. The van der Waals surface area contributed by atoms with Crippen molar-refractivity contribution in [3.8, 4) is 17.2 Å². The van der Waals surface area contributed by atoms with Crippen LogP contribution in [0.1, 0.15) is 11.3 Å². The molecule has 0 fully saturated rings. The predicted octanol–water partition coefficient (Wildman–Crippen LogP) is 4.56. The molecule has 0 spiro atoms. The van der Waals surface area contributed by atoms with Crippen molar-refractivity contribution in [2.24, 2.45) is 0 Å². The highest BCUT2D eigenvalue weighted by Crippen LogP contribution is 2.30. The standard InChI is InChI=1S/C19H13N3/c1-12-19-16(8-9-21-12)17-10-15(6-7-18(17)22-19)14-4-2-13(11-20)3-5-14/h2-10,22H,1H3. The lowest BCUT2D eigenvalue weighted by Crippen LogP contribution is -1.80. The fourth-order valence-electron chi connectivity index (χ4n) is 2.88. The summed E-state index contributed by atoms with van der Waals surface area (Å²) in [5.74, 6) is 0. The summed E-state index contributed by atoms with van der Waals surface area (Å²) in [6.45, 7) is 2.01. The smallest absolute Gasteiger partial charge is 0.0991 e. The Kier molecular flexibility index (Phi) is 2.70. The molecular formula is C19H13N3. The number of hydrogen-bond acceptors (Lipinski definition) is 2. The van der Waals surface area contributed by atoms with Crippen LogP contribution in [0.2, 0.25) is 0 Å². The Morgan fingerprint density at radius 3 is 2.50 bits per heavy atom. The third-order valence-corrected chi connectivity index (χ3v) is 4.06. The number of benzene rings is 2. The lowest BCUT2D eigenvalue weighted by molar-refractivity contribution is 1.22. The van der Waals surface area contributed by atoms with Crippen molar-refractivity contribution in [3.05, 3.63) is 66.0 Å². The number of nitriles is 1. The molecule has 2 aromatic carbocycles. The van der Waals surface area contributed by atoms with Crippen molar-refractivity contribution in [2.75, 3.05) is 0 Å². The Hall–Kier alpha value is -3.12. The summed E-state index contributed by atoms with van der Waals surface area (Å²) < 4.78 is 0. The van der Waals surface area contributed by atoms with Crippen LogP contribution in [0.4, 0.5) is 0 Å². The highest BCUT2D eigenvalue weighted by atomic mass is 14.8. The van der Waals surface area contributed by atoms with Crippen molar-refractivity contribution >= 4 is 21.8 Å². The lowest BCUT2D eigenvalue weighted by Gasteiger charge is -2.02. The van der Waals surface area contributed by atoms with Crippen LogP contribution in [-0.2, 0) is 0 Å². The second-order valence-electron chi connectivity index (χ2n) is 5.39. The second kappa shape index (κ2) is 4.71. The highest BCUT2D eigenvalue weighted by Gasteiger charge is 2.08. The number of nitrogens with one attached hydrogen (secondary N) is 1. The minimum absolute atomic E-state index is 0.679. The van der Waals surface area contributed by atoms with E-state index in [2.05, 4.69) is 34.2 Å². The van der Waals surface area contributed by atoms with E-state index in [9.17, 15) is 0 Å². The molecular weight excluding hydrogens is 270 g/mol. The molecule has 0 amide bonds. The SMILES string of the molecule is Cc1nccc2c1[nH]c1ccc(-c3ccc(C#N)cc3)cc12. The molecule has 0 aliphatic heterocycles. The Labute approximate surface area is 127 Å². The molecule has 0 saturated heterocycles. The van der Waals surface area contributed by atoms with Crippen LogP contribution in [0.5, 0.6) is 0 Å². The van der Waals surface area contributed by atoms with Gasteiger partial charge in [-0.25, -0.2) is 0 Å². The van der Waals surface area contributed by atoms with Crippen LogP contribution in [0, 0.1) is 18.3 Å². The van der Waals surface area contributed by atoms with Gasteiger partial charge in [-0.05, 0) is 48.4 Å². The van der Waals surface area contributed by atoms with Gasteiger partial charge in [0.15, 0.2) is 0 Å². The number of pyridine rings is 1. The van der Waals surface area contributed by atoms with Crippen LogP contribution in [0.25, 0.3) is 32.9 Å². The molecule has 0 aliphatic carbocycles. The Balaban J connectivity index is 1.94. The zero-order chi connectivity index (χ0) is 15.1. The van der Waals surface area contributed by atoms with E-state index in [1.54, 1.807) is 0 Å². The first kappa shape index (κ1) is 12.6. The summed E-state index contributed by atoms with van der Waals surface area (Å²) in [7, 11) is 0. The van der Waals surface area contributed by atoms with Crippen molar-refractivity contribution < 1.29 is 0 Å². The van der Waals surface area contributed by atoms with E-state index in [1.807, 2.05) is 43.5 Å². The van der Waals surface area contributed by atoms with Crippen molar-refractivity contribution in [3.63, 3.8) is 0 Å². The lowest BCUT2D eigenvalue weighted by atomic mass is 10.0. The number of H-pyrrole nitrogens is 1. The minimum Gasteiger partial charge on any atom is -0.353 e.